The molecule has 0 atom stereocenters. The van der Waals surface area contributed by atoms with Crippen molar-refractivity contribution in [3.8, 4) is 0 Å². The Morgan fingerprint density at radius 2 is 2.05 bits per heavy atom. The summed E-state index contributed by atoms with van der Waals surface area (Å²) in [4.78, 5) is 27.1. The van der Waals surface area contributed by atoms with Crippen LogP contribution in [0.25, 0.3) is 0 Å². The summed E-state index contributed by atoms with van der Waals surface area (Å²) < 4.78 is 4.84. The molecule has 1 fully saturated rings. The maximum Gasteiger partial charge on any atom is 0.239 e. The molecule has 1 aliphatic heterocycles. The van der Waals surface area contributed by atoms with E-state index in [1.54, 1.807) is 14.2 Å². The number of nitrogens with zero attached hydrogens (tertiary/aromatic N) is 2. The number of nitrogens with two attached hydrogens (primary N) is 1. The molecule has 1 heterocycles. The molecule has 0 aliphatic carbocycles. The van der Waals surface area contributed by atoms with Crippen LogP contribution in [0.5, 0.6) is 0 Å². The van der Waals surface area contributed by atoms with Gasteiger partial charge in [0.1, 0.15) is 0 Å². The molecule has 116 valence electrons. The fourth-order valence-electron chi connectivity index (χ4n) is 2.08. The maximum atomic E-state index is 12.0. The molecule has 7 heteroatoms. The molecule has 0 spiro atoms. The Bertz CT molecular complexity index is 317. The second kappa shape index (κ2) is 8.89. The van der Waals surface area contributed by atoms with Crippen LogP contribution < -0.4 is 11.1 Å². The summed E-state index contributed by atoms with van der Waals surface area (Å²) in [6, 6.07) is 0.255. The molecule has 1 rings (SSSR count). The van der Waals surface area contributed by atoms with Gasteiger partial charge in [-0.3, -0.25) is 14.5 Å². The van der Waals surface area contributed by atoms with Gasteiger partial charge < -0.3 is 20.7 Å². The van der Waals surface area contributed by atoms with Crippen molar-refractivity contribution in [2.75, 3.05) is 53.5 Å². The van der Waals surface area contributed by atoms with Crippen molar-refractivity contribution >= 4 is 11.8 Å². The summed E-state index contributed by atoms with van der Waals surface area (Å²) in [5.74, 6) is -0.207. The van der Waals surface area contributed by atoms with Gasteiger partial charge in [0.05, 0.1) is 19.7 Å². The molecule has 1 aliphatic rings. The number of piperidine rings is 1. The summed E-state index contributed by atoms with van der Waals surface area (Å²) in [6.07, 6.45) is 1.85. The molecular weight excluding hydrogens is 260 g/mol. The highest BCUT2D eigenvalue weighted by molar-refractivity contribution is 5.85. The molecule has 1 saturated heterocycles. The number of nitrogens with one attached hydrogen (secondary N) is 1. The molecule has 7 nitrogen and oxygen atoms in total. The standard InChI is InChI=1S/C13H26N4O3/c1-16(9-12(18)15-5-8-20-2)13(19)10-17-6-3-11(14)4-7-17/h11H,3-10,14H2,1-2H3,(H,15,18). The van der Waals surface area contributed by atoms with Gasteiger partial charge in [0.2, 0.25) is 11.8 Å². The average Bonchev–Trinajstić information content (AvgIpc) is 2.41. The minimum absolute atomic E-state index is 0.0395. The van der Waals surface area contributed by atoms with Crippen molar-refractivity contribution < 1.29 is 14.3 Å². The summed E-state index contributed by atoms with van der Waals surface area (Å²) in [5, 5.41) is 2.69. The molecule has 20 heavy (non-hydrogen) atoms. The van der Waals surface area contributed by atoms with Crippen LogP contribution in [-0.4, -0.2) is 81.1 Å². The lowest BCUT2D eigenvalue weighted by molar-refractivity contribution is -0.135. The molecule has 0 radical (unpaired) electrons. The number of methoxy groups -OCH3 is 1. The van der Waals surface area contributed by atoms with E-state index in [1.165, 1.54) is 4.90 Å². The topological polar surface area (TPSA) is 87.9 Å². The lowest BCUT2D eigenvalue weighted by Crippen LogP contribution is -2.47. The Hall–Kier alpha value is -1.18. The Morgan fingerprint density at radius 3 is 2.65 bits per heavy atom. The van der Waals surface area contributed by atoms with Crippen LogP contribution in [0.1, 0.15) is 12.8 Å². The fourth-order valence-corrected chi connectivity index (χ4v) is 2.08. The van der Waals surface area contributed by atoms with Gasteiger partial charge in [0.25, 0.3) is 0 Å². The zero-order chi connectivity index (χ0) is 15.0. The SMILES string of the molecule is COCCNC(=O)CN(C)C(=O)CN1CCC(N)CC1. The maximum absolute atomic E-state index is 12.0. The summed E-state index contributed by atoms with van der Waals surface area (Å²) >= 11 is 0. The number of amides is 2. The molecular formula is C13H26N4O3. The van der Waals surface area contributed by atoms with Crippen molar-refractivity contribution in [2.45, 2.75) is 18.9 Å². The van der Waals surface area contributed by atoms with Gasteiger partial charge in [0, 0.05) is 39.8 Å². The lowest BCUT2D eigenvalue weighted by atomic mass is 10.1. The number of likely N-dealkylation sites (N-methyl/N-ethyl adjacent to an activating group) is 1. The quantitative estimate of drug-likeness (QED) is 0.564. The third-order valence-corrected chi connectivity index (χ3v) is 3.43. The van der Waals surface area contributed by atoms with Gasteiger partial charge in [0.15, 0.2) is 0 Å². The second-order valence-corrected chi connectivity index (χ2v) is 5.21. The highest BCUT2D eigenvalue weighted by Gasteiger charge is 2.20. The highest BCUT2D eigenvalue weighted by Crippen LogP contribution is 2.07. The van der Waals surface area contributed by atoms with E-state index >= 15 is 0 Å². The van der Waals surface area contributed by atoms with Gasteiger partial charge in [-0.15, -0.1) is 0 Å². The Kier molecular flexibility index (Phi) is 7.50. The number of hydrogen-bond donors (Lipinski definition) is 2. The van der Waals surface area contributed by atoms with Crippen LogP contribution in [0.15, 0.2) is 0 Å². The average molecular weight is 286 g/mol. The number of hydrogen-bond acceptors (Lipinski definition) is 5. The van der Waals surface area contributed by atoms with E-state index < -0.39 is 0 Å². The Labute approximate surface area is 120 Å². The van der Waals surface area contributed by atoms with E-state index in [4.69, 9.17) is 10.5 Å². The normalized spacial score (nSPS) is 16.9. The third kappa shape index (κ3) is 6.31. The lowest BCUT2D eigenvalue weighted by Gasteiger charge is -2.30. The largest absolute Gasteiger partial charge is 0.383 e. The van der Waals surface area contributed by atoms with E-state index in [9.17, 15) is 9.59 Å². The Morgan fingerprint density at radius 1 is 1.40 bits per heavy atom. The molecule has 0 unspecified atom stereocenters. The number of rotatable bonds is 7. The predicted octanol–water partition coefficient (Wildman–Crippen LogP) is -1.37. The molecule has 0 aromatic heterocycles. The highest BCUT2D eigenvalue weighted by atomic mass is 16.5. The molecule has 3 N–H and O–H groups in total. The van der Waals surface area contributed by atoms with Gasteiger partial charge in [-0.2, -0.15) is 0 Å². The number of likely N-dealkylation sites (tertiary alicyclic amines) is 1. The van der Waals surface area contributed by atoms with Crippen molar-refractivity contribution in [3.05, 3.63) is 0 Å². The first-order valence-corrected chi connectivity index (χ1v) is 7.00. The number of ether oxygens (including phenoxy) is 1. The van der Waals surface area contributed by atoms with E-state index in [1.807, 2.05) is 0 Å². The van der Waals surface area contributed by atoms with Crippen molar-refractivity contribution in [2.24, 2.45) is 5.73 Å². The predicted molar refractivity (Wildman–Crippen MR) is 76.2 cm³/mol. The van der Waals surface area contributed by atoms with Gasteiger partial charge in [-0.05, 0) is 12.8 Å². The molecule has 2 amide bonds. The minimum Gasteiger partial charge on any atom is -0.383 e. The second-order valence-electron chi connectivity index (χ2n) is 5.21. The fraction of sp³-hybridized carbons (Fsp3) is 0.846. The third-order valence-electron chi connectivity index (χ3n) is 3.43. The van der Waals surface area contributed by atoms with Crippen LogP contribution in [0.4, 0.5) is 0 Å². The first-order valence-electron chi connectivity index (χ1n) is 7.00. The monoisotopic (exact) mass is 286 g/mol. The summed E-state index contributed by atoms with van der Waals surface area (Å²) in [5.41, 5.74) is 5.83. The minimum atomic E-state index is -0.168. The zero-order valence-corrected chi connectivity index (χ0v) is 12.4. The van der Waals surface area contributed by atoms with Crippen LogP contribution in [0.3, 0.4) is 0 Å². The van der Waals surface area contributed by atoms with Crippen LogP contribution in [0.2, 0.25) is 0 Å². The van der Waals surface area contributed by atoms with Gasteiger partial charge >= 0.3 is 0 Å². The zero-order valence-electron chi connectivity index (χ0n) is 12.4. The Balaban J connectivity index is 2.23. The number of carbonyl (C=O) groups excluding carboxylic acids is 2. The van der Waals surface area contributed by atoms with Crippen LogP contribution >= 0.6 is 0 Å². The summed E-state index contributed by atoms with van der Waals surface area (Å²) in [7, 11) is 3.22. The smallest absolute Gasteiger partial charge is 0.239 e. The van der Waals surface area contributed by atoms with Crippen molar-refractivity contribution in [1.29, 1.82) is 0 Å². The van der Waals surface area contributed by atoms with Crippen molar-refractivity contribution in [1.82, 2.24) is 15.1 Å². The summed E-state index contributed by atoms with van der Waals surface area (Å²) in [6.45, 7) is 3.06. The first kappa shape index (κ1) is 16.9. The molecule has 0 aromatic rings. The first-order chi connectivity index (χ1) is 9.52. The van der Waals surface area contributed by atoms with E-state index in [2.05, 4.69) is 10.2 Å². The van der Waals surface area contributed by atoms with Crippen molar-refractivity contribution in [3.63, 3.8) is 0 Å². The van der Waals surface area contributed by atoms with Gasteiger partial charge in [-0.1, -0.05) is 0 Å². The molecule has 0 bridgehead atoms. The molecule has 0 aromatic carbocycles. The van der Waals surface area contributed by atoms with Crippen LogP contribution in [0, 0.1) is 0 Å². The number of carbonyl (C=O) groups is 2. The van der Waals surface area contributed by atoms with Crippen LogP contribution in [-0.2, 0) is 14.3 Å². The van der Waals surface area contributed by atoms with Gasteiger partial charge in [-0.25, -0.2) is 0 Å². The van der Waals surface area contributed by atoms with E-state index in [0.29, 0.717) is 19.7 Å². The van der Waals surface area contributed by atoms with E-state index in [0.717, 1.165) is 25.9 Å². The molecule has 0 saturated carbocycles. The van der Waals surface area contributed by atoms with E-state index in [-0.39, 0.29) is 24.4 Å².